The fourth-order valence-corrected chi connectivity index (χ4v) is 2.86. The second-order valence-electron chi connectivity index (χ2n) is 5.29. The highest BCUT2D eigenvalue weighted by molar-refractivity contribution is 9.10. The maximum absolute atomic E-state index is 12.4. The summed E-state index contributed by atoms with van der Waals surface area (Å²) in [5, 5.41) is 5.10. The first-order chi connectivity index (χ1) is 9.97. The van der Waals surface area contributed by atoms with Gasteiger partial charge in [-0.2, -0.15) is 5.10 Å². The minimum absolute atomic E-state index is 0.0270. The van der Waals surface area contributed by atoms with Gasteiger partial charge in [-0.15, -0.1) is 0 Å². The molecule has 0 radical (unpaired) electrons. The molecule has 0 saturated carbocycles. The first kappa shape index (κ1) is 14.0. The van der Waals surface area contributed by atoms with Crippen molar-refractivity contribution in [1.82, 2.24) is 19.3 Å². The molecule has 0 bridgehead atoms. The predicted octanol–water partition coefficient (Wildman–Crippen LogP) is 3.14. The van der Waals surface area contributed by atoms with Crippen molar-refractivity contribution >= 4 is 26.8 Å². The number of aryl methyl sites for hydroxylation is 1. The molecule has 0 N–H and O–H groups in total. The molecule has 3 aromatic rings. The summed E-state index contributed by atoms with van der Waals surface area (Å²) >= 11 is 3.33. The van der Waals surface area contributed by atoms with Crippen LogP contribution in [0.5, 0.6) is 0 Å². The van der Waals surface area contributed by atoms with Crippen molar-refractivity contribution in [3.63, 3.8) is 0 Å². The highest BCUT2D eigenvalue weighted by atomic mass is 79.9. The van der Waals surface area contributed by atoms with Gasteiger partial charge < -0.3 is 4.57 Å². The Kier molecular flexibility index (Phi) is 3.41. The average molecular weight is 347 g/mol. The van der Waals surface area contributed by atoms with Crippen molar-refractivity contribution in [1.29, 1.82) is 0 Å². The minimum Gasteiger partial charge on any atom is -0.305 e. The van der Waals surface area contributed by atoms with E-state index in [1.54, 1.807) is 21.6 Å². The number of nitrogens with zero attached hydrogens (tertiary/aromatic N) is 4. The van der Waals surface area contributed by atoms with Crippen LogP contribution in [0.25, 0.3) is 22.2 Å². The zero-order valence-corrected chi connectivity index (χ0v) is 13.6. The lowest BCUT2D eigenvalue weighted by atomic mass is 10.1. The van der Waals surface area contributed by atoms with Gasteiger partial charge in [-0.3, -0.25) is 14.5 Å². The summed E-state index contributed by atoms with van der Waals surface area (Å²) in [6.07, 6.45) is 5.47. The van der Waals surface area contributed by atoms with Crippen molar-refractivity contribution < 1.29 is 0 Å². The molecule has 0 saturated heterocycles. The van der Waals surface area contributed by atoms with E-state index in [0.29, 0.717) is 4.47 Å². The van der Waals surface area contributed by atoms with Gasteiger partial charge in [-0.25, -0.2) is 0 Å². The van der Waals surface area contributed by atoms with E-state index in [1.807, 2.05) is 39.2 Å². The van der Waals surface area contributed by atoms with Crippen LogP contribution in [-0.2, 0) is 7.05 Å². The maximum Gasteiger partial charge on any atom is 0.265 e. The predicted molar refractivity (Wildman–Crippen MR) is 86.3 cm³/mol. The van der Waals surface area contributed by atoms with Crippen molar-refractivity contribution in [3.8, 4) is 11.3 Å². The van der Waals surface area contributed by atoms with Crippen LogP contribution in [0.15, 0.2) is 40.0 Å². The smallest absolute Gasteiger partial charge is 0.265 e. The number of pyridine rings is 2. The molecule has 5 nitrogen and oxygen atoms in total. The Labute approximate surface area is 130 Å². The molecule has 6 heteroatoms. The molecule has 3 rings (SSSR count). The van der Waals surface area contributed by atoms with Gasteiger partial charge >= 0.3 is 0 Å². The van der Waals surface area contributed by atoms with E-state index < -0.39 is 0 Å². The molecule has 0 aliphatic heterocycles. The molecule has 21 heavy (non-hydrogen) atoms. The van der Waals surface area contributed by atoms with Crippen LogP contribution in [0.4, 0.5) is 0 Å². The largest absolute Gasteiger partial charge is 0.305 e. The number of halogens is 1. The Morgan fingerprint density at radius 3 is 2.62 bits per heavy atom. The Morgan fingerprint density at radius 1 is 1.24 bits per heavy atom. The van der Waals surface area contributed by atoms with Gasteiger partial charge in [0.15, 0.2) is 0 Å². The lowest BCUT2D eigenvalue weighted by Crippen LogP contribution is -2.22. The van der Waals surface area contributed by atoms with Gasteiger partial charge in [0.25, 0.3) is 5.56 Å². The molecule has 0 unspecified atom stereocenters. The van der Waals surface area contributed by atoms with Crippen LogP contribution in [0.3, 0.4) is 0 Å². The second kappa shape index (κ2) is 5.11. The first-order valence-electron chi connectivity index (χ1n) is 6.67. The van der Waals surface area contributed by atoms with Crippen molar-refractivity contribution in [2.24, 2.45) is 7.05 Å². The molecule has 0 aliphatic rings. The summed E-state index contributed by atoms with van der Waals surface area (Å²) in [6.45, 7) is 3.99. The third kappa shape index (κ3) is 2.40. The van der Waals surface area contributed by atoms with Crippen LogP contribution in [0.1, 0.15) is 19.9 Å². The number of aromatic nitrogens is 4. The SMILES string of the molecule is CC(C)n1c(=O)c(Br)cc2cnc(-c3cnn(C)c3)cc21. The molecule has 0 amide bonds. The summed E-state index contributed by atoms with van der Waals surface area (Å²) in [6, 6.07) is 3.83. The van der Waals surface area contributed by atoms with E-state index in [4.69, 9.17) is 0 Å². The van der Waals surface area contributed by atoms with Crippen LogP contribution >= 0.6 is 15.9 Å². The van der Waals surface area contributed by atoms with E-state index >= 15 is 0 Å². The number of fused-ring (bicyclic) bond motifs is 1. The van der Waals surface area contributed by atoms with Crippen molar-refractivity contribution in [2.45, 2.75) is 19.9 Å². The van der Waals surface area contributed by atoms with Gasteiger partial charge in [0, 0.05) is 36.4 Å². The van der Waals surface area contributed by atoms with Gasteiger partial charge in [0.1, 0.15) is 0 Å². The fourth-order valence-electron chi connectivity index (χ4n) is 2.42. The molecule has 108 valence electrons. The van der Waals surface area contributed by atoms with E-state index in [0.717, 1.165) is 22.2 Å². The zero-order chi connectivity index (χ0) is 15.1. The molecule has 3 aromatic heterocycles. The average Bonchev–Trinajstić information content (AvgIpc) is 2.86. The third-order valence-corrected chi connectivity index (χ3v) is 3.96. The van der Waals surface area contributed by atoms with Gasteiger partial charge in [0.05, 0.1) is 21.9 Å². The third-order valence-electron chi connectivity index (χ3n) is 3.39. The highest BCUT2D eigenvalue weighted by Crippen LogP contribution is 2.24. The van der Waals surface area contributed by atoms with E-state index in [2.05, 4.69) is 26.0 Å². The standard InChI is InChI=1S/C15H15BrN4O/c1-9(2)20-14-5-13(11-7-18-19(3)8-11)17-6-10(14)4-12(16)15(20)21/h4-9H,1-3H3. The van der Waals surface area contributed by atoms with Gasteiger partial charge in [-0.05, 0) is 41.9 Å². The summed E-state index contributed by atoms with van der Waals surface area (Å²) in [5.41, 5.74) is 2.60. The summed E-state index contributed by atoms with van der Waals surface area (Å²) < 4.78 is 4.07. The normalized spacial score (nSPS) is 11.5. The molecule has 0 fully saturated rings. The Balaban J connectivity index is 2.32. The molecule has 0 spiro atoms. The Morgan fingerprint density at radius 2 is 2.00 bits per heavy atom. The quantitative estimate of drug-likeness (QED) is 0.716. The maximum atomic E-state index is 12.4. The minimum atomic E-state index is -0.0270. The first-order valence-corrected chi connectivity index (χ1v) is 7.46. The molecule has 0 atom stereocenters. The number of hydrogen-bond donors (Lipinski definition) is 0. The second-order valence-corrected chi connectivity index (χ2v) is 6.15. The monoisotopic (exact) mass is 346 g/mol. The summed E-state index contributed by atoms with van der Waals surface area (Å²) in [7, 11) is 1.87. The fraction of sp³-hybridized carbons (Fsp3) is 0.267. The number of hydrogen-bond acceptors (Lipinski definition) is 3. The van der Waals surface area contributed by atoms with Crippen LogP contribution in [0.2, 0.25) is 0 Å². The number of rotatable bonds is 2. The van der Waals surface area contributed by atoms with Gasteiger partial charge in [0.2, 0.25) is 0 Å². The van der Waals surface area contributed by atoms with Crippen LogP contribution in [-0.4, -0.2) is 19.3 Å². The summed E-state index contributed by atoms with van der Waals surface area (Å²) in [5.74, 6) is 0. The lowest BCUT2D eigenvalue weighted by Gasteiger charge is -2.15. The van der Waals surface area contributed by atoms with E-state index in [1.165, 1.54) is 0 Å². The molecule has 0 aliphatic carbocycles. The molecular formula is C15H15BrN4O. The van der Waals surface area contributed by atoms with E-state index in [-0.39, 0.29) is 11.6 Å². The Hall–Kier alpha value is -1.95. The molecule has 0 aromatic carbocycles. The van der Waals surface area contributed by atoms with Crippen molar-refractivity contribution in [3.05, 3.63) is 45.5 Å². The highest BCUT2D eigenvalue weighted by Gasteiger charge is 2.12. The zero-order valence-electron chi connectivity index (χ0n) is 12.0. The van der Waals surface area contributed by atoms with Gasteiger partial charge in [-0.1, -0.05) is 0 Å². The molecule has 3 heterocycles. The molecular weight excluding hydrogens is 332 g/mol. The summed E-state index contributed by atoms with van der Waals surface area (Å²) in [4.78, 5) is 16.8. The van der Waals surface area contributed by atoms with Crippen molar-refractivity contribution in [2.75, 3.05) is 0 Å². The Bertz CT molecular complexity index is 879. The lowest BCUT2D eigenvalue weighted by molar-refractivity contribution is 0.598. The van der Waals surface area contributed by atoms with Crippen LogP contribution < -0.4 is 5.56 Å². The topological polar surface area (TPSA) is 52.7 Å². The van der Waals surface area contributed by atoms with E-state index in [9.17, 15) is 4.79 Å². The van der Waals surface area contributed by atoms with Crippen LogP contribution in [0, 0.1) is 0 Å².